The Kier molecular flexibility index (Phi) is 4.29. The minimum atomic E-state index is -0.514. The summed E-state index contributed by atoms with van der Waals surface area (Å²) in [5.41, 5.74) is 7.24. The summed E-state index contributed by atoms with van der Waals surface area (Å²) in [7, 11) is 0. The van der Waals surface area contributed by atoms with Crippen LogP contribution in [0.2, 0.25) is 0 Å². The molecule has 0 radical (unpaired) electrons. The third kappa shape index (κ3) is 3.07. The number of rotatable bonds is 4. The number of carbonyl (C=O) groups excluding carboxylic acids is 1. The SMILES string of the molecule is CCN(C(=O)C(C)(C)CN)c1cccc(C)c1. The topological polar surface area (TPSA) is 46.3 Å². The van der Waals surface area contributed by atoms with Gasteiger partial charge in [0.15, 0.2) is 0 Å². The zero-order valence-corrected chi connectivity index (χ0v) is 11.2. The number of hydrogen-bond donors (Lipinski definition) is 1. The van der Waals surface area contributed by atoms with Gasteiger partial charge in [-0.1, -0.05) is 12.1 Å². The Morgan fingerprint density at radius 3 is 2.53 bits per heavy atom. The summed E-state index contributed by atoms with van der Waals surface area (Å²) < 4.78 is 0. The van der Waals surface area contributed by atoms with Crippen molar-refractivity contribution in [1.82, 2.24) is 0 Å². The molecule has 2 N–H and O–H groups in total. The Morgan fingerprint density at radius 2 is 2.06 bits per heavy atom. The Morgan fingerprint density at radius 1 is 1.41 bits per heavy atom. The lowest BCUT2D eigenvalue weighted by Gasteiger charge is -2.30. The van der Waals surface area contributed by atoms with E-state index in [1.165, 1.54) is 0 Å². The lowest BCUT2D eigenvalue weighted by Crippen LogP contribution is -2.44. The molecule has 0 fully saturated rings. The third-order valence-electron chi connectivity index (χ3n) is 2.96. The van der Waals surface area contributed by atoms with Gasteiger partial charge in [-0.15, -0.1) is 0 Å². The Bertz CT molecular complexity index is 399. The highest BCUT2D eigenvalue weighted by atomic mass is 16.2. The zero-order valence-electron chi connectivity index (χ0n) is 11.2. The quantitative estimate of drug-likeness (QED) is 0.869. The summed E-state index contributed by atoms with van der Waals surface area (Å²) >= 11 is 0. The van der Waals surface area contributed by atoms with Crippen LogP contribution < -0.4 is 10.6 Å². The molecule has 0 aliphatic carbocycles. The second-order valence-electron chi connectivity index (χ2n) is 4.98. The van der Waals surface area contributed by atoms with E-state index in [-0.39, 0.29) is 5.91 Å². The van der Waals surface area contributed by atoms with Crippen LogP contribution in [-0.2, 0) is 4.79 Å². The number of anilines is 1. The monoisotopic (exact) mass is 234 g/mol. The Balaban J connectivity index is 3.04. The molecule has 3 nitrogen and oxygen atoms in total. The van der Waals surface area contributed by atoms with Crippen molar-refractivity contribution in [3.8, 4) is 0 Å². The summed E-state index contributed by atoms with van der Waals surface area (Å²) in [5, 5.41) is 0. The fourth-order valence-electron chi connectivity index (χ4n) is 1.69. The molecule has 0 aliphatic heterocycles. The zero-order chi connectivity index (χ0) is 13.1. The van der Waals surface area contributed by atoms with Gasteiger partial charge in [0.25, 0.3) is 0 Å². The molecule has 1 aromatic carbocycles. The Hall–Kier alpha value is -1.35. The molecule has 1 amide bonds. The van der Waals surface area contributed by atoms with E-state index >= 15 is 0 Å². The molecule has 0 atom stereocenters. The van der Waals surface area contributed by atoms with Crippen LogP contribution in [0.4, 0.5) is 5.69 Å². The molecule has 0 saturated carbocycles. The van der Waals surface area contributed by atoms with Crippen molar-refractivity contribution < 1.29 is 4.79 Å². The van der Waals surface area contributed by atoms with Gasteiger partial charge in [-0.2, -0.15) is 0 Å². The van der Waals surface area contributed by atoms with Crippen LogP contribution in [0.5, 0.6) is 0 Å². The van der Waals surface area contributed by atoms with Crippen molar-refractivity contribution in [2.45, 2.75) is 27.7 Å². The van der Waals surface area contributed by atoms with Crippen LogP contribution in [0.1, 0.15) is 26.3 Å². The maximum Gasteiger partial charge on any atom is 0.233 e. The molecule has 0 bridgehead atoms. The molecule has 94 valence electrons. The molecule has 0 aromatic heterocycles. The number of amides is 1. The lowest BCUT2D eigenvalue weighted by atomic mass is 9.91. The van der Waals surface area contributed by atoms with Crippen molar-refractivity contribution in [2.75, 3.05) is 18.0 Å². The predicted octanol–water partition coefficient (Wildman–Crippen LogP) is 2.33. The Labute approximate surface area is 104 Å². The molecule has 0 spiro atoms. The number of hydrogen-bond acceptors (Lipinski definition) is 2. The highest BCUT2D eigenvalue weighted by molar-refractivity contribution is 5.97. The van der Waals surface area contributed by atoms with Gasteiger partial charge >= 0.3 is 0 Å². The molecule has 1 aromatic rings. The van der Waals surface area contributed by atoms with Gasteiger partial charge in [0.2, 0.25) is 5.91 Å². The molecular formula is C14H22N2O. The standard InChI is InChI=1S/C14H22N2O/c1-5-16(13(17)14(3,4)10-15)12-8-6-7-11(2)9-12/h6-9H,5,10,15H2,1-4H3. The molecule has 17 heavy (non-hydrogen) atoms. The summed E-state index contributed by atoms with van der Waals surface area (Å²) in [5.74, 6) is 0.0769. The van der Waals surface area contributed by atoms with Gasteiger partial charge in [-0.3, -0.25) is 4.79 Å². The van der Waals surface area contributed by atoms with E-state index in [9.17, 15) is 4.79 Å². The van der Waals surface area contributed by atoms with Crippen molar-refractivity contribution in [2.24, 2.45) is 11.1 Å². The molecule has 0 aliphatic rings. The van der Waals surface area contributed by atoms with Crippen LogP contribution >= 0.6 is 0 Å². The lowest BCUT2D eigenvalue weighted by molar-refractivity contribution is -0.126. The van der Waals surface area contributed by atoms with Gasteiger partial charge < -0.3 is 10.6 Å². The van der Waals surface area contributed by atoms with E-state index in [4.69, 9.17) is 5.73 Å². The van der Waals surface area contributed by atoms with Crippen LogP contribution in [0.25, 0.3) is 0 Å². The van der Waals surface area contributed by atoms with Gasteiger partial charge in [-0.25, -0.2) is 0 Å². The van der Waals surface area contributed by atoms with Crippen LogP contribution in [0, 0.1) is 12.3 Å². The van der Waals surface area contributed by atoms with E-state index < -0.39 is 5.41 Å². The van der Waals surface area contributed by atoms with Crippen molar-refractivity contribution in [1.29, 1.82) is 0 Å². The van der Waals surface area contributed by atoms with Crippen molar-refractivity contribution in [3.63, 3.8) is 0 Å². The smallest absolute Gasteiger partial charge is 0.233 e. The number of nitrogens with two attached hydrogens (primary N) is 1. The summed E-state index contributed by atoms with van der Waals surface area (Å²) in [4.78, 5) is 14.2. The molecule has 0 heterocycles. The van der Waals surface area contributed by atoms with Crippen molar-refractivity contribution >= 4 is 11.6 Å². The molecule has 0 saturated heterocycles. The van der Waals surface area contributed by atoms with Crippen LogP contribution in [0.3, 0.4) is 0 Å². The van der Waals surface area contributed by atoms with Gasteiger partial charge in [0.1, 0.15) is 0 Å². The number of benzene rings is 1. The highest BCUT2D eigenvalue weighted by Crippen LogP contribution is 2.23. The number of carbonyl (C=O) groups is 1. The first-order chi connectivity index (χ1) is 7.92. The normalized spacial score (nSPS) is 11.4. The third-order valence-corrected chi connectivity index (χ3v) is 2.96. The first kappa shape index (κ1) is 13.7. The van der Waals surface area contributed by atoms with Crippen LogP contribution in [-0.4, -0.2) is 19.0 Å². The number of aryl methyl sites for hydroxylation is 1. The fourth-order valence-corrected chi connectivity index (χ4v) is 1.69. The molecule has 1 rings (SSSR count). The minimum absolute atomic E-state index is 0.0769. The first-order valence-electron chi connectivity index (χ1n) is 6.01. The van der Waals surface area contributed by atoms with Gasteiger partial charge in [0, 0.05) is 18.8 Å². The van der Waals surface area contributed by atoms with Gasteiger partial charge in [-0.05, 0) is 45.4 Å². The summed E-state index contributed by atoms with van der Waals surface area (Å²) in [6, 6.07) is 7.97. The summed E-state index contributed by atoms with van der Waals surface area (Å²) in [6.45, 7) is 8.78. The average molecular weight is 234 g/mol. The predicted molar refractivity (Wildman–Crippen MR) is 72.0 cm³/mol. The van der Waals surface area contributed by atoms with E-state index in [1.54, 1.807) is 4.90 Å². The summed E-state index contributed by atoms with van der Waals surface area (Å²) in [6.07, 6.45) is 0. The van der Waals surface area contributed by atoms with Crippen molar-refractivity contribution in [3.05, 3.63) is 29.8 Å². The average Bonchev–Trinajstić information content (AvgIpc) is 2.30. The molecule has 3 heteroatoms. The molecular weight excluding hydrogens is 212 g/mol. The maximum atomic E-state index is 12.4. The second kappa shape index (κ2) is 5.32. The van der Waals surface area contributed by atoms with Gasteiger partial charge in [0.05, 0.1) is 5.41 Å². The second-order valence-corrected chi connectivity index (χ2v) is 4.98. The number of nitrogens with zero attached hydrogens (tertiary/aromatic N) is 1. The largest absolute Gasteiger partial charge is 0.329 e. The fraction of sp³-hybridized carbons (Fsp3) is 0.500. The molecule has 0 unspecified atom stereocenters. The van der Waals surface area contributed by atoms with Crippen LogP contribution in [0.15, 0.2) is 24.3 Å². The van der Waals surface area contributed by atoms with E-state index in [0.29, 0.717) is 13.1 Å². The van der Waals surface area contributed by atoms with E-state index in [1.807, 2.05) is 52.0 Å². The first-order valence-corrected chi connectivity index (χ1v) is 6.01. The van der Waals surface area contributed by atoms with E-state index in [0.717, 1.165) is 11.3 Å². The van der Waals surface area contributed by atoms with E-state index in [2.05, 4.69) is 0 Å². The highest BCUT2D eigenvalue weighted by Gasteiger charge is 2.30. The maximum absolute atomic E-state index is 12.4. The minimum Gasteiger partial charge on any atom is -0.329 e.